The van der Waals surface area contributed by atoms with Gasteiger partial charge in [0.2, 0.25) is 0 Å². The zero-order valence-electron chi connectivity index (χ0n) is 11.1. The second kappa shape index (κ2) is 6.87. The third-order valence-electron chi connectivity index (χ3n) is 2.77. The van der Waals surface area contributed by atoms with Crippen LogP contribution in [0.1, 0.15) is 18.9 Å². The maximum atomic E-state index is 11.1. The summed E-state index contributed by atoms with van der Waals surface area (Å²) in [6.45, 7) is 4.08. The topological polar surface area (TPSA) is 56.8 Å². The summed E-state index contributed by atoms with van der Waals surface area (Å²) in [4.78, 5) is 11.1. The van der Waals surface area contributed by atoms with Gasteiger partial charge in [0, 0.05) is 13.0 Å². The first-order chi connectivity index (χ1) is 9.29. The molecule has 1 N–H and O–H groups in total. The van der Waals surface area contributed by atoms with Crippen molar-refractivity contribution in [3.05, 3.63) is 23.8 Å². The average Bonchev–Trinajstić information content (AvgIpc) is 2.63. The summed E-state index contributed by atoms with van der Waals surface area (Å²) >= 11 is 0. The maximum absolute atomic E-state index is 11.1. The molecule has 0 unspecified atom stereocenters. The number of fused-ring (bicyclic) bond motifs is 1. The van der Waals surface area contributed by atoms with Crippen LogP contribution in [-0.4, -0.2) is 32.5 Å². The predicted octanol–water partition coefficient (Wildman–Crippen LogP) is 2.14. The molecule has 1 aromatic carbocycles. The van der Waals surface area contributed by atoms with Crippen LogP contribution in [0.3, 0.4) is 0 Å². The van der Waals surface area contributed by atoms with E-state index in [1.165, 1.54) is 0 Å². The zero-order chi connectivity index (χ0) is 13.5. The molecule has 19 heavy (non-hydrogen) atoms. The molecule has 0 spiro atoms. The van der Waals surface area contributed by atoms with Crippen molar-refractivity contribution in [2.24, 2.45) is 0 Å². The van der Waals surface area contributed by atoms with Crippen molar-refractivity contribution in [1.29, 1.82) is 0 Å². The van der Waals surface area contributed by atoms with Crippen LogP contribution in [0.15, 0.2) is 18.2 Å². The van der Waals surface area contributed by atoms with Gasteiger partial charge in [0.05, 0.1) is 19.8 Å². The minimum atomic E-state index is -0.378. The first-order valence-corrected chi connectivity index (χ1v) is 6.58. The third-order valence-corrected chi connectivity index (χ3v) is 2.77. The van der Waals surface area contributed by atoms with Crippen LogP contribution >= 0.6 is 0 Å². The highest BCUT2D eigenvalue weighted by molar-refractivity contribution is 5.67. The molecule has 0 saturated carbocycles. The Morgan fingerprint density at radius 1 is 1.32 bits per heavy atom. The van der Waals surface area contributed by atoms with E-state index in [2.05, 4.69) is 5.32 Å². The number of carbonyl (C=O) groups is 1. The standard InChI is InChI=1S/C14H19NO4/c1-2-17-14(16)15-7-6-11-4-5-12-13(10-11)19-9-3-8-18-12/h4-5,10H,2-3,6-9H2,1H3,(H,15,16). The molecule has 1 aliphatic rings. The van der Waals surface area contributed by atoms with Gasteiger partial charge >= 0.3 is 6.09 Å². The highest BCUT2D eigenvalue weighted by Crippen LogP contribution is 2.30. The molecule has 1 aromatic rings. The Labute approximate surface area is 112 Å². The van der Waals surface area contributed by atoms with E-state index in [4.69, 9.17) is 14.2 Å². The molecule has 0 aromatic heterocycles. The second-order valence-corrected chi connectivity index (χ2v) is 4.23. The van der Waals surface area contributed by atoms with E-state index in [0.29, 0.717) is 26.4 Å². The Morgan fingerprint density at radius 3 is 2.89 bits per heavy atom. The Kier molecular flexibility index (Phi) is 4.89. The molecule has 1 amide bonds. The fraction of sp³-hybridized carbons (Fsp3) is 0.500. The Hall–Kier alpha value is -1.91. The molecule has 0 radical (unpaired) electrons. The van der Waals surface area contributed by atoms with Crippen LogP contribution in [0.4, 0.5) is 4.79 Å². The van der Waals surface area contributed by atoms with E-state index in [-0.39, 0.29) is 6.09 Å². The van der Waals surface area contributed by atoms with Gasteiger partial charge in [-0.1, -0.05) is 6.07 Å². The number of hydrogen-bond donors (Lipinski definition) is 1. The van der Waals surface area contributed by atoms with Crippen LogP contribution in [0.5, 0.6) is 11.5 Å². The largest absolute Gasteiger partial charge is 0.490 e. The molecular weight excluding hydrogens is 246 g/mol. The van der Waals surface area contributed by atoms with E-state index >= 15 is 0 Å². The van der Waals surface area contributed by atoms with E-state index in [1.807, 2.05) is 18.2 Å². The molecule has 0 atom stereocenters. The molecule has 0 saturated heterocycles. The number of nitrogens with one attached hydrogen (secondary N) is 1. The molecule has 0 fully saturated rings. The summed E-state index contributed by atoms with van der Waals surface area (Å²) in [6.07, 6.45) is 1.25. The maximum Gasteiger partial charge on any atom is 0.407 e. The van der Waals surface area contributed by atoms with Crippen molar-refractivity contribution < 1.29 is 19.0 Å². The Morgan fingerprint density at radius 2 is 2.11 bits per heavy atom. The fourth-order valence-corrected chi connectivity index (χ4v) is 1.85. The number of alkyl carbamates (subject to hydrolysis) is 1. The van der Waals surface area contributed by atoms with Gasteiger partial charge in [-0.15, -0.1) is 0 Å². The first kappa shape index (κ1) is 13.5. The van der Waals surface area contributed by atoms with Crippen LogP contribution < -0.4 is 14.8 Å². The van der Waals surface area contributed by atoms with Crippen LogP contribution in [0.25, 0.3) is 0 Å². The van der Waals surface area contributed by atoms with Gasteiger partial charge in [0.25, 0.3) is 0 Å². The quantitative estimate of drug-likeness (QED) is 0.906. The summed E-state index contributed by atoms with van der Waals surface area (Å²) in [6, 6.07) is 5.87. The van der Waals surface area contributed by atoms with Crippen molar-refractivity contribution in [2.75, 3.05) is 26.4 Å². The molecule has 2 rings (SSSR count). The molecule has 5 nitrogen and oxygen atoms in total. The number of amides is 1. The lowest BCUT2D eigenvalue weighted by Gasteiger charge is -2.09. The highest BCUT2D eigenvalue weighted by Gasteiger charge is 2.10. The number of carbonyl (C=O) groups excluding carboxylic acids is 1. The SMILES string of the molecule is CCOC(=O)NCCc1ccc2c(c1)OCCCO2. The lowest BCUT2D eigenvalue weighted by molar-refractivity contribution is 0.152. The summed E-state index contributed by atoms with van der Waals surface area (Å²) in [7, 11) is 0. The molecule has 5 heteroatoms. The van der Waals surface area contributed by atoms with Gasteiger partial charge in [-0.05, 0) is 31.0 Å². The van der Waals surface area contributed by atoms with E-state index in [9.17, 15) is 4.79 Å². The molecule has 1 aliphatic heterocycles. The Balaban J connectivity index is 1.87. The lowest BCUT2D eigenvalue weighted by Crippen LogP contribution is -2.26. The minimum Gasteiger partial charge on any atom is -0.490 e. The number of ether oxygens (including phenoxy) is 3. The van der Waals surface area contributed by atoms with Crippen molar-refractivity contribution in [2.45, 2.75) is 19.8 Å². The molecular formula is C14H19NO4. The number of rotatable bonds is 4. The molecule has 0 bridgehead atoms. The number of benzene rings is 1. The summed E-state index contributed by atoms with van der Waals surface area (Å²) in [5.41, 5.74) is 1.10. The van der Waals surface area contributed by atoms with Crippen LogP contribution in [-0.2, 0) is 11.2 Å². The van der Waals surface area contributed by atoms with Gasteiger partial charge in [-0.3, -0.25) is 0 Å². The van der Waals surface area contributed by atoms with Crippen molar-refractivity contribution in [3.8, 4) is 11.5 Å². The zero-order valence-corrected chi connectivity index (χ0v) is 11.1. The number of hydrogen-bond acceptors (Lipinski definition) is 4. The third kappa shape index (κ3) is 4.05. The van der Waals surface area contributed by atoms with E-state index in [1.54, 1.807) is 6.92 Å². The van der Waals surface area contributed by atoms with Crippen LogP contribution in [0, 0.1) is 0 Å². The van der Waals surface area contributed by atoms with Crippen molar-refractivity contribution in [3.63, 3.8) is 0 Å². The summed E-state index contributed by atoms with van der Waals surface area (Å²) in [5, 5.41) is 2.69. The minimum absolute atomic E-state index is 0.378. The predicted molar refractivity (Wildman–Crippen MR) is 70.8 cm³/mol. The fourth-order valence-electron chi connectivity index (χ4n) is 1.85. The van der Waals surface area contributed by atoms with Gasteiger partial charge in [0.1, 0.15) is 0 Å². The van der Waals surface area contributed by atoms with Gasteiger partial charge in [0.15, 0.2) is 11.5 Å². The van der Waals surface area contributed by atoms with Crippen molar-refractivity contribution >= 4 is 6.09 Å². The van der Waals surface area contributed by atoms with E-state index in [0.717, 1.165) is 29.9 Å². The molecule has 0 aliphatic carbocycles. The summed E-state index contributed by atoms with van der Waals surface area (Å²) < 4.78 is 16.0. The first-order valence-electron chi connectivity index (χ1n) is 6.58. The lowest BCUT2D eigenvalue weighted by atomic mass is 10.1. The average molecular weight is 265 g/mol. The van der Waals surface area contributed by atoms with Gasteiger partial charge in [-0.2, -0.15) is 0 Å². The van der Waals surface area contributed by atoms with Gasteiger partial charge < -0.3 is 19.5 Å². The Bertz CT molecular complexity index is 433. The van der Waals surface area contributed by atoms with Crippen LogP contribution in [0.2, 0.25) is 0 Å². The van der Waals surface area contributed by atoms with Gasteiger partial charge in [-0.25, -0.2) is 4.79 Å². The van der Waals surface area contributed by atoms with Crippen molar-refractivity contribution in [1.82, 2.24) is 5.32 Å². The summed E-state index contributed by atoms with van der Waals surface area (Å²) in [5.74, 6) is 1.57. The molecule has 1 heterocycles. The van der Waals surface area contributed by atoms with E-state index < -0.39 is 0 Å². The molecule has 104 valence electrons. The highest BCUT2D eigenvalue weighted by atomic mass is 16.5. The second-order valence-electron chi connectivity index (χ2n) is 4.23. The normalized spacial score (nSPS) is 13.5. The smallest absolute Gasteiger partial charge is 0.407 e. The monoisotopic (exact) mass is 265 g/mol.